The minimum absolute atomic E-state index is 0.261. The number of carbonyl (C=O) groups excluding carboxylic acids is 2. The van der Waals surface area contributed by atoms with Crippen molar-refractivity contribution in [3.63, 3.8) is 0 Å². The molecule has 0 saturated carbocycles. The molecule has 29 heavy (non-hydrogen) atoms. The smallest absolute Gasteiger partial charge is 0.333 e. The average Bonchev–Trinajstić information content (AvgIpc) is 2.71. The van der Waals surface area contributed by atoms with Crippen molar-refractivity contribution in [2.75, 3.05) is 13.2 Å². The van der Waals surface area contributed by atoms with Gasteiger partial charge >= 0.3 is 11.9 Å². The Bertz CT molecular complexity index is 415. The third-order valence-corrected chi connectivity index (χ3v) is 4.49. The molecule has 0 aliphatic rings. The Morgan fingerprint density at radius 3 is 1.45 bits per heavy atom. The molecular formula is C25H46O4. The summed E-state index contributed by atoms with van der Waals surface area (Å²) >= 11 is 0. The summed E-state index contributed by atoms with van der Waals surface area (Å²) in [6, 6.07) is 0. The molecule has 0 aromatic heterocycles. The topological polar surface area (TPSA) is 52.6 Å². The highest BCUT2D eigenvalue weighted by Crippen LogP contribution is 2.08. The van der Waals surface area contributed by atoms with Crippen molar-refractivity contribution in [3.05, 3.63) is 24.8 Å². The van der Waals surface area contributed by atoms with Crippen molar-refractivity contribution in [2.45, 2.75) is 111 Å². The van der Waals surface area contributed by atoms with Crippen LogP contribution < -0.4 is 0 Å². The Hall–Kier alpha value is -1.58. The van der Waals surface area contributed by atoms with Crippen LogP contribution in [0.1, 0.15) is 111 Å². The van der Waals surface area contributed by atoms with E-state index in [2.05, 4.69) is 27.0 Å². The zero-order valence-corrected chi connectivity index (χ0v) is 19.4. The summed E-state index contributed by atoms with van der Waals surface area (Å²) in [7, 11) is 0. The highest BCUT2D eigenvalue weighted by atomic mass is 16.5. The van der Waals surface area contributed by atoms with E-state index in [9.17, 15) is 9.59 Å². The van der Waals surface area contributed by atoms with E-state index in [4.69, 9.17) is 9.47 Å². The first-order chi connectivity index (χ1) is 14.0. The van der Waals surface area contributed by atoms with Gasteiger partial charge in [-0.25, -0.2) is 9.59 Å². The summed E-state index contributed by atoms with van der Waals surface area (Å²) in [5, 5.41) is 0. The summed E-state index contributed by atoms with van der Waals surface area (Å²) in [5.41, 5.74) is 0.486. The Labute approximate surface area is 180 Å². The fourth-order valence-corrected chi connectivity index (χ4v) is 2.64. The zero-order valence-electron chi connectivity index (χ0n) is 19.4. The molecule has 0 spiro atoms. The molecule has 0 aromatic rings. The van der Waals surface area contributed by atoms with Crippen molar-refractivity contribution in [2.24, 2.45) is 0 Å². The van der Waals surface area contributed by atoms with Gasteiger partial charge in [0, 0.05) is 11.6 Å². The van der Waals surface area contributed by atoms with Crippen molar-refractivity contribution in [1.82, 2.24) is 0 Å². The predicted octanol–water partition coefficient (Wildman–Crippen LogP) is 7.32. The van der Waals surface area contributed by atoms with E-state index in [1.165, 1.54) is 70.3 Å². The number of unbranched alkanes of at least 4 members (excludes halogenated alkanes) is 12. The van der Waals surface area contributed by atoms with Gasteiger partial charge in [0.05, 0.1) is 13.2 Å². The Balaban J connectivity index is 0. The van der Waals surface area contributed by atoms with Gasteiger partial charge in [0.15, 0.2) is 0 Å². The van der Waals surface area contributed by atoms with E-state index < -0.39 is 0 Å². The number of rotatable bonds is 18. The van der Waals surface area contributed by atoms with Gasteiger partial charge in [-0.2, -0.15) is 0 Å². The molecule has 0 N–H and O–H groups in total. The normalized spacial score (nSPS) is 9.90. The van der Waals surface area contributed by atoms with Gasteiger partial charge in [0.2, 0.25) is 0 Å². The average molecular weight is 411 g/mol. The molecule has 0 rings (SSSR count). The van der Waals surface area contributed by atoms with Crippen molar-refractivity contribution in [3.8, 4) is 0 Å². The Kier molecular flexibility index (Phi) is 25.0. The van der Waals surface area contributed by atoms with E-state index in [0.717, 1.165) is 25.7 Å². The van der Waals surface area contributed by atoms with Gasteiger partial charge in [-0.3, -0.25) is 0 Å². The molecular weight excluding hydrogens is 364 g/mol. The SMILES string of the molecule is C=C(C)C(=O)OCCCCCCCCCC.C=CC(=O)OCCCCCCCC. The lowest BCUT2D eigenvalue weighted by molar-refractivity contribution is -0.139. The summed E-state index contributed by atoms with van der Waals surface area (Å²) in [5.74, 6) is -0.573. The first kappa shape index (κ1) is 29.6. The summed E-state index contributed by atoms with van der Waals surface area (Å²) in [6.07, 6.45) is 18.5. The molecule has 0 aliphatic heterocycles. The fourth-order valence-electron chi connectivity index (χ4n) is 2.64. The molecule has 0 aliphatic carbocycles. The van der Waals surface area contributed by atoms with Crippen LogP contribution in [0, 0.1) is 0 Å². The van der Waals surface area contributed by atoms with Crippen molar-refractivity contribution < 1.29 is 19.1 Å². The molecule has 0 radical (unpaired) electrons. The Morgan fingerprint density at radius 2 is 1.07 bits per heavy atom. The number of hydrogen-bond acceptors (Lipinski definition) is 4. The quantitative estimate of drug-likeness (QED) is 0.135. The largest absolute Gasteiger partial charge is 0.463 e. The van der Waals surface area contributed by atoms with Crippen LogP contribution in [0.3, 0.4) is 0 Å². The zero-order chi connectivity index (χ0) is 22.2. The lowest BCUT2D eigenvalue weighted by Crippen LogP contribution is -2.05. The molecule has 0 heterocycles. The van der Waals surface area contributed by atoms with Crippen LogP contribution in [-0.2, 0) is 19.1 Å². The summed E-state index contributed by atoms with van der Waals surface area (Å²) in [4.78, 5) is 21.6. The van der Waals surface area contributed by atoms with Crippen LogP contribution in [0.15, 0.2) is 24.8 Å². The fraction of sp³-hybridized carbons (Fsp3) is 0.760. The van der Waals surface area contributed by atoms with Gasteiger partial charge < -0.3 is 9.47 Å². The predicted molar refractivity (Wildman–Crippen MR) is 123 cm³/mol. The summed E-state index contributed by atoms with van der Waals surface area (Å²) < 4.78 is 9.85. The van der Waals surface area contributed by atoms with E-state index >= 15 is 0 Å². The lowest BCUT2D eigenvalue weighted by Gasteiger charge is -2.04. The van der Waals surface area contributed by atoms with E-state index in [-0.39, 0.29) is 11.9 Å². The van der Waals surface area contributed by atoms with Crippen LogP contribution in [-0.4, -0.2) is 25.2 Å². The number of ether oxygens (including phenoxy) is 2. The second kappa shape index (κ2) is 24.5. The van der Waals surface area contributed by atoms with Gasteiger partial charge in [-0.15, -0.1) is 0 Å². The second-order valence-corrected chi connectivity index (χ2v) is 7.53. The summed E-state index contributed by atoms with van der Waals surface area (Å²) in [6.45, 7) is 14.1. The van der Waals surface area contributed by atoms with E-state index in [0.29, 0.717) is 18.8 Å². The minimum Gasteiger partial charge on any atom is -0.463 e. The molecule has 0 saturated heterocycles. The molecule has 0 fully saturated rings. The molecule has 0 unspecified atom stereocenters. The van der Waals surface area contributed by atoms with Crippen molar-refractivity contribution >= 4 is 11.9 Å². The molecule has 170 valence electrons. The van der Waals surface area contributed by atoms with Gasteiger partial charge in [-0.05, 0) is 19.8 Å². The van der Waals surface area contributed by atoms with Crippen LogP contribution in [0.2, 0.25) is 0 Å². The van der Waals surface area contributed by atoms with Crippen LogP contribution >= 0.6 is 0 Å². The monoisotopic (exact) mass is 410 g/mol. The highest BCUT2D eigenvalue weighted by Gasteiger charge is 2.01. The number of carbonyl (C=O) groups is 2. The maximum Gasteiger partial charge on any atom is 0.333 e. The first-order valence-electron chi connectivity index (χ1n) is 11.6. The third kappa shape index (κ3) is 26.4. The lowest BCUT2D eigenvalue weighted by atomic mass is 10.1. The molecule has 0 atom stereocenters. The molecule has 0 bridgehead atoms. The standard InChI is InChI=1S/C14H26O2.C11H20O2/c1-4-5-6-7-8-9-10-11-12-16-14(15)13(2)3;1-3-5-6-7-8-9-10-13-11(12)4-2/h2,4-12H2,1,3H3;4H,2-3,5-10H2,1H3. The maximum atomic E-state index is 11.0. The van der Waals surface area contributed by atoms with E-state index in [1.807, 2.05) is 0 Å². The number of hydrogen-bond donors (Lipinski definition) is 0. The molecule has 4 nitrogen and oxygen atoms in total. The highest BCUT2D eigenvalue weighted by molar-refractivity contribution is 5.86. The van der Waals surface area contributed by atoms with Gasteiger partial charge in [0.25, 0.3) is 0 Å². The Morgan fingerprint density at radius 1 is 0.690 bits per heavy atom. The first-order valence-corrected chi connectivity index (χ1v) is 11.6. The van der Waals surface area contributed by atoms with Gasteiger partial charge in [-0.1, -0.05) is 104 Å². The van der Waals surface area contributed by atoms with Crippen LogP contribution in [0.5, 0.6) is 0 Å². The molecule has 0 amide bonds. The number of esters is 2. The van der Waals surface area contributed by atoms with Crippen LogP contribution in [0.4, 0.5) is 0 Å². The molecule has 4 heteroatoms. The van der Waals surface area contributed by atoms with Crippen molar-refractivity contribution in [1.29, 1.82) is 0 Å². The van der Waals surface area contributed by atoms with E-state index in [1.54, 1.807) is 6.92 Å². The molecule has 0 aromatic carbocycles. The minimum atomic E-state index is -0.312. The maximum absolute atomic E-state index is 11.0. The van der Waals surface area contributed by atoms with Gasteiger partial charge in [0.1, 0.15) is 0 Å². The van der Waals surface area contributed by atoms with Crippen LogP contribution in [0.25, 0.3) is 0 Å². The third-order valence-electron chi connectivity index (χ3n) is 4.49. The second-order valence-electron chi connectivity index (χ2n) is 7.53.